The topological polar surface area (TPSA) is 55.1 Å². The number of carbonyl (C=O) groups is 1. The Morgan fingerprint density at radius 1 is 1.40 bits per heavy atom. The maximum Gasteiger partial charge on any atom is 0.220 e. The lowest BCUT2D eigenvalue weighted by atomic mass is 9.75. The van der Waals surface area contributed by atoms with Crippen molar-refractivity contribution in [3.8, 4) is 0 Å². The summed E-state index contributed by atoms with van der Waals surface area (Å²) in [5.74, 6) is 0.149. The highest BCUT2D eigenvalue weighted by Crippen LogP contribution is 2.35. The second-order valence-corrected chi connectivity index (χ2v) is 6.72. The molecule has 0 aliphatic heterocycles. The number of nitrogens with one attached hydrogen (secondary N) is 1. The summed E-state index contributed by atoms with van der Waals surface area (Å²) in [4.78, 5) is 12.1. The van der Waals surface area contributed by atoms with Gasteiger partial charge in [-0.2, -0.15) is 0 Å². The maximum absolute atomic E-state index is 12.1. The van der Waals surface area contributed by atoms with Crippen LogP contribution in [0.4, 0.5) is 5.69 Å². The third-order valence-corrected chi connectivity index (χ3v) is 4.25. The number of para-hydroxylation sites is 1. The summed E-state index contributed by atoms with van der Waals surface area (Å²) in [5, 5.41) is 3.18. The standard InChI is InChI=1S/C17H26N2O/c1-17(2)11-5-7-14(12-17)19-16(20)10-9-13-6-3-4-8-15(13)18/h3-4,6,8,14H,5,7,9-12,18H2,1-2H3,(H,19,20). The lowest BCUT2D eigenvalue weighted by molar-refractivity contribution is -0.122. The summed E-state index contributed by atoms with van der Waals surface area (Å²) in [6, 6.07) is 8.11. The second kappa shape index (κ2) is 6.29. The molecule has 1 aromatic rings. The van der Waals surface area contributed by atoms with Crippen LogP contribution in [0.1, 0.15) is 51.5 Å². The monoisotopic (exact) mass is 274 g/mol. The molecule has 1 amide bonds. The predicted molar refractivity (Wildman–Crippen MR) is 83.4 cm³/mol. The molecule has 110 valence electrons. The molecule has 20 heavy (non-hydrogen) atoms. The Hall–Kier alpha value is -1.51. The number of benzene rings is 1. The third kappa shape index (κ3) is 4.26. The molecule has 0 spiro atoms. The molecule has 0 bridgehead atoms. The van der Waals surface area contributed by atoms with Crippen LogP contribution in [0.3, 0.4) is 0 Å². The molecule has 1 unspecified atom stereocenters. The van der Waals surface area contributed by atoms with Crippen LogP contribution >= 0.6 is 0 Å². The predicted octanol–water partition coefficient (Wildman–Crippen LogP) is 3.29. The Balaban J connectivity index is 1.80. The second-order valence-electron chi connectivity index (χ2n) is 6.72. The van der Waals surface area contributed by atoms with E-state index < -0.39 is 0 Å². The maximum atomic E-state index is 12.1. The van der Waals surface area contributed by atoms with Crippen molar-refractivity contribution in [1.29, 1.82) is 0 Å². The Labute approximate surface area is 121 Å². The number of nitrogen functional groups attached to an aromatic ring is 1. The summed E-state index contributed by atoms with van der Waals surface area (Å²) in [6.07, 6.45) is 5.91. The van der Waals surface area contributed by atoms with E-state index in [2.05, 4.69) is 19.2 Å². The number of aryl methyl sites for hydroxylation is 1. The van der Waals surface area contributed by atoms with Gasteiger partial charge in [0, 0.05) is 18.2 Å². The highest BCUT2D eigenvalue weighted by atomic mass is 16.1. The number of carbonyl (C=O) groups excluding carboxylic acids is 1. The van der Waals surface area contributed by atoms with Gasteiger partial charge in [0.05, 0.1) is 0 Å². The van der Waals surface area contributed by atoms with Gasteiger partial charge in [-0.3, -0.25) is 4.79 Å². The van der Waals surface area contributed by atoms with Crippen molar-refractivity contribution in [2.75, 3.05) is 5.73 Å². The van der Waals surface area contributed by atoms with Crippen LogP contribution in [-0.2, 0) is 11.2 Å². The molecule has 1 atom stereocenters. The molecule has 1 aromatic carbocycles. The van der Waals surface area contributed by atoms with Gasteiger partial charge in [0.25, 0.3) is 0 Å². The van der Waals surface area contributed by atoms with E-state index in [1.807, 2.05) is 24.3 Å². The Kier molecular flexibility index (Phi) is 4.69. The van der Waals surface area contributed by atoms with Crippen molar-refractivity contribution in [3.05, 3.63) is 29.8 Å². The SMILES string of the molecule is CC1(C)CCCC(NC(=O)CCc2ccccc2N)C1. The lowest BCUT2D eigenvalue weighted by Gasteiger charge is -2.35. The van der Waals surface area contributed by atoms with Crippen LogP contribution in [0.5, 0.6) is 0 Å². The zero-order valence-electron chi connectivity index (χ0n) is 12.6. The van der Waals surface area contributed by atoms with E-state index in [-0.39, 0.29) is 5.91 Å². The van der Waals surface area contributed by atoms with Crippen molar-refractivity contribution in [3.63, 3.8) is 0 Å². The number of nitrogens with two attached hydrogens (primary N) is 1. The number of hydrogen-bond donors (Lipinski definition) is 2. The minimum atomic E-state index is 0.149. The number of amides is 1. The van der Waals surface area contributed by atoms with Gasteiger partial charge in [-0.15, -0.1) is 0 Å². The van der Waals surface area contributed by atoms with Crippen molar-refractivity contribution in [1.82, 2.24) is 5.32 Å². The van der Waals surface area contributed by atoms with Gasteiger partial charge >= 0.3 is 0 Å². The first-order valence-corrected chi connectivity index (χ1v) is 7.59. The van der Waals surface area contributed by atoms with Crippen LogP contribution < -0.4 is 11.1 Å². The van der Waals surface area contributed by atoms with E-state index in [1.165, 1.54) is 12.8 Å². The molecule has 0 heterocycles. The quantitative estimate of drug-likeness (QED) is 0.828. The normalized spacial score (nSPS) is 21.4. The summed E-state index contributed by atoms with van der Waals surface area (Å²) >= 11 is 0. The zero-order valence-corrected chi connectivity index (χ0v) is 12.6. The van der Waals surface area contributed by atoms with Gasteiger partial charge in [0.1, 0.15) is 0 Å². The first-order valence-electron chi connectivity index (χ1n) is 7.59. The van der Waals surface area contributed by atoms with Crippen molar-refractivity contribution < 1.29 is 4.79 Å². The molecule has 3 N–H and O–H groups in total. The highest BCUT2D eigenvalue weighted by molar-refractivity contribution is 5.76. The number of rotatable bonds is 4. The summed E-state index contributed by atoms with van der Waals surface area (Å²) < 4.78 is 0. The fourth-order valence-corrected chi connectivity index (χ4v) is 3.13. The Morgan fingerprint density at radius 2 is 2.15 bits per heavy atom. The van der Waals surface area contributed by atoms with Crippen molar-refractivity contribution in [2.45, 2.75) is 58.4 Å². The van der Waals surface area contributed by atoms with Crippen LogP contribution in [0.25, 0.3) is 0 Å². The molecule has 1 aliphatic rings. The number of anilines is 1. The minimum Gasteiger partial charge on any atom is -0.399 e. The minimum absolute atomic E-state index is 0.149. The lowest BCUT2D eigenvalue weighted by Crippen LogP contribution is -2.40. The molecule has 3 nitrogen and oxygen atoms in total. The number of hydrogen-bond acceptors (Lipinski definition) is 2. The van der Waals surface area contributed by atoms with E-state index in [9.17, 15) is 4.79 Å². The fourth-order valence-electron chi connectivity index (χ4n) is 3.13. The van der Waals surface area contributed by atoms with Crippen LogP contribution in [0.15, 0.2) is 24.3 Å². The molecule has 2 rings (SSSR count). The molecule has 1 fully saturated rings. The fraction of sp³-hybridized carbons (Fsp3) is 0.588. The smallest absolute Gasteiger partial charge is 0.220 e. The Bertz CT molecular complexity index is 468. The first kappa shape index (κ1) is 14.9. The average Bonchev–Trinajstić information content (AvgIpc) is 2.36. The molecule has 1 saturated carbocycles. The van der Waals surface area contributed by atoms with Crippen LogP contribution in [0.2, 0.25) is 0 Å². The average molecular weight is 274 g/mol. The van der Waals surface area contributed by atoms with E-state index in [1.54, 1.807) is 0 Å². The Morgan fingerprint density at radius 3 is 2.85 bits per heavy atom. The van der Waals surface area contributed by atoms with E-state index in [0.29, 0.717) is 24.3 Å². The van der Waals surface area contributed by atoms with E-state index in [0.717, 1.165) is 24.1 Å². The molecular formula is C17H26N2O. The first-order chi connectivity index (χ1) is 9.46. The van der Waals surface area contributed by atoms with Gasteiger partial charge < -0.3 is 11.1 Å². The van der Waals surface area contributed by atoms with Gasteiger partial charge in [0.2, 0.25) is 5.91 Å². The van der Waals surface area contributed by atoms with E-state index in [4.69, 9.17) is 5.73 Å². The van der Waals surface area contributed by atoms with Crippen molar-refractivity contribution >= 4 is 11.6 Å². The summed E-state index contributed by atoms with van der Waals surface area (Å²) in [6.45, 7) is 4.58. The molecule has 1 aliphatic carbocycles. The third-order valence-electron chi connectivity index (χ3n) is 4.25. The molecule has 0 aromatic heterocycles. The van der Waals surface area contributed by atoms with Crippen LogP contribution in [0, 0.1) is 5.41 Å². The van der Waals surface area contributed by atoms with Gasteiger partial charge in [-0.25, -0.2) is 0 Å². The van der Waals surface area contributed by atoms with Gasteiger partial charge in [-0.1, -0.05) is 38.5 Å². The van der Waals surface area contributed by atoms with Gasteiger partial charge in [-0.05, 0) is 42.7 Å². The van der Waals surface area contributed by atoms with E-state index >= 15 is 0 Å². The molecule has 3 heteroatoms. The highest BCUT2D eigenvalue weighted by Gasteiger charge is 2.28. The zero-order chi connectivity index (χ0) is 14.6. The van der Waals surface area contributed by atoms with Gasteiger partial charge in [0.15, 0.2) is 0 Å². The molecular weight excluding hydrogens is 248 g/mol. The largest absolute Gasteiger partial charge is 0.399 e. The van der Waals surface area contributed by atoms with Crippen molar-refractivity contribution in [2.24, 2.45) is 5.41 Å². The van der Waals surface area contributed by atoms with Crippen LogP contribution in [-0.4, -0.2) is 11.9 Å². The molecule has 0 radical (unpaired) electrons. The summed E-state index contributed by atoms with van der Waals surface area (Å²) in [7, 11) is 0. The molecule has 0 saturated heterocycles. The summed E-state index contributed by atoms with van der Waals surface area (Å²) in [5.41, 5.74) is 8.09.